The van der Waals surface area contributed by atoms with Gasteiger partial charge in [-0.2, -0.15) is 0 Å². The van der Waals surface area contributed by atoms with Gasteiger partial charge in [-0.25, -0.2) is 0 Å². The lowest BCUT2D eigenvalue weighted by Crippen LogP contribution is -2.34. The second-order valence-electron chi connectivity index (χ2n) is 9.57. The Balaban J connectivity index is 1.50. The maximum atomic E-state index is 13.1. The third-order valence-corrected chi connectivity index (χ3v) is 6.80. The summed E-state index contributed by atoms with van der Waals surface area (Å²) in [5, 5.41) is 7.39. The number of nitrogens with zero attached hydrogens (tertiary/aromatic N) is 2. The van der Waals surface area contributed by atoms with Crippen LogP contribution in [-0.2, 0) is 6.54 Å². The van der Waals surface area contributed by atoms with E-state index in [1.807, 2.05) is 6.07 Å². The van der Waals surface area contributed by atoms with Crippen LogP contribution in [-0.4, -0.2) is 29.6 Å². The first-order chi connectivity index (χ1) is 15.1. The molecule has 168 valence electrons. The number of rotatable bonds is 10. The molecule has 0 aliphatic heterocycles. The van der Waals surface area contributed by atoms with Gasteiger partial charge < -0.3 is 14.7 Å². The summed E-state index contributed by atoms with van der Waals surface area (Å²) in [4.78, 5) is 15.4. The van der Waals surface area contributed by atoms with Crippen molar-refractivity contribution >= 4 is 5.91 Å². The van der Waals surface area contributed by atoms with Gasteiger partial charge in [0.2, 0.25) is 0 Å². The molecule has 1 atom stereocenters. The molecule has 1 aromatic carbocycles. The molecule has 0 saturated heterocycles. The zero-order valence-corrected chi connectivity index (χ0v) is 19.1. The van der Waals surface area contributed by atoms with Crippen molar-refractivity contribution in [2.75, 3.05) is 13.6 Å². The van der Waals surface area contributed by atoms with Gasteiger partial charge in [0.1, 0.15) is 5.76 Å². The summed E-state index contributed by atoms with van der Waals surface area (Å²) >= 11 is 0. The number of hydrogen-bond acceptors (Lipinski definition) is 4. The lowest BCUT2D eigenvalue weighted by molar-refractivity contribution is 0.0903. The van der Waals surface area contributed by atoms with E-state index >= 15 is 0 Å². The quantitative estimate of drug-likeness (QED) is 0.522. The van der Waals surface area contributed by atoms with Crippen molar-refractivity contribution in [3.63, 3.8) is 0 Å². The van der Waals surface area contributed by atoms with E-state index in [9.17, 15) is 4.79 Å². The molecular formula is C26H37N3O2. The van der Waals surface area contributed by atoms with Crippen LogP contribution in [0.5, 0.6) is 0 Å². The molecular weight excluding hydrogens is 386 g/mol. The number of amides is 1. The molecule has 1 unspecified atom stereocenters. The van der Waals surface area contributed by atoms with Crippen molar-refractivity contribution in [3.8, 4) is 0 Å². The van der Waals surface area contributed by atoms with Crippen molar-refractivity contribution in [1.82, 2.24) is 15.4 Å². The van der Waals surface area contributed by atoms with Crippen LogP contribution < -0.4 is 5.32 Å². The van der Waals surface area contributed by atoms with Gasteiger partial charge in [0.15, 0.2) is 5.69 Å². The van der Waals surface area contributed by atoms with Crippen LogP contribution >= 0.6 is 0 Å². The summed E-state index contributed by atoms with van der Waals surface area (Å²) in [6.07, 6.45) is 10.8. The molecule has 1 aromatic heterocycles. The molecule has 2 aliphatic rings. The lowest BCUT2D eigenvalue weighted by Gasteiger charge is -2.31. The Hall–Kier alpha value is -2.14. The van der Waals surface area contributed by atoms with Gasteiger partial charge in [-0.1, -0.05) is 62.0 Å². The van der Waals surface area contributed by atoms with Crippen molar-refractivity contribution in [1.29, 1.82) is 0 Å². The largest absolute Gasteiger partial charge is 0.360 e. The highest BCUT2D eigenvalue weighted by atomic mass is 16.5. The third kappa shape index (κ3) is 5.97. The maximum absolute atomic E-state index is 13.1. The van der Waals surface area contributed by atoms with Crippen molar-refractivity contribution in [2.24, 2.45) is 5.92 Å². The van der Waals surface area contributed by atoms with Gasteiger partial charge in [-0.15, -0.1) is 0 Å². The van der Waals surface area contributed by atoms with Crippen LogP contribution in [0.15, 0.2) is 34.9 Å². The van der Waals surface area contributed by atoms with Gasteiger partial charge in [0, 0.05) is 18.5 Å². The summed E-state index contributed by atoms with van der Waals surface area (Å²) in [5.41, 5.74) is 2.94. The molecule has 2 aliphatic carbocycles. The van der Waals surface area contributed by atoms with Gasteiger partial charge in [-0.3, -0.25) is 4.79 Å². The zero-order chi connectivity index (χ0) is 21.6. The van der Waals surface area contributed by atoms with Crippen molar-refractivity contribution in [2.45, 2.75) is 83.2 Å². The number of unbranched alkanes of at least 4 members (excludes halogenated alkanes) is 1. The monoisotopic (exact) mass is 423 g/mol. The Morgan fingerprint density at radius 3 is 2.74 bits per heavy atom. The topological polar surface area (TPSA) is 58.4 Å². The van der Waals surface area contributed by atoms with Crippen molar-refractivity contribution < 1.29 is 9.32 Å². The van der Waals surface area contributed by atoms with Gasteiger partial charge in [0.05, 0.1) is 6.04 Å². The van der Waals surface area contributed by atoms with Gasteiger partial charge >= 0.3 is 0 Å². The van der Waals surface area contributed by atoms with E-state index in [-0.39, 0.29) is 11.9 Å². The molecule has 31 heavy (non-hydrogen) atoms. The molecule has 1 N–H and O–H groups in total. The standard InChI is InChI=1S/C26H37N3O2/c1-3-4-15-29(2)18-19-9-8-12-22(16-19)25(21-10-6-5-7-11-21)27-26(30)23-17-24(31-28-23)20-13-14-20/h8-9,12,16-17,20-21,25H,3-7,10-11,13-15,18H2,1-2H3,(H,27,30). The Bertz CT molecular complexity index is 852. The van der Waals surface area contributed by atoms with Crippen LogP contribution in [0.3, 0.4) is 0 Å². The number of aromatic nitrogens is 1. The zero-order valence-electron chi connectivity index (χ0n) is 19.1. The molecule has 0 radical (unpaired) electrons. The van der Waals surface area contributed by atoms with Crippen LogP contribution in [0.25, 0.3) is 0 Å². The molecule has 0 spiro atoms. The molecule has 1 heterocycles. The first-order valence-electron chi connectivity index (χ1n) is 12.2. The third-order valence-electron chi connectivity index (χ3n) is 6.80. The molecule has 1 amide bonds. The molecule has 5 nitrogen and oxygen atoms in total. The van der Waals surface area contributed by atoms with Gasteiger partial charge in [0.25, 0.3) is 5.91 Å². The number of nitrogens with one attached hydrogen (secondary N) is 1. The number of hydrogen-bond donors (Lipinski definition) is 1. The highest BCUT2D eigenvalue weighted by molar-refractivity contribution is 5.92. The minimum Gasteiger partial charge on any atom is -0.360 e. The summed E-state index contributed by atoms with van der Waals surface area (Å²) in [5.74, 6) is 1.68. The maximum Gasteiger partial charge on any atom is 0.273 e. The van der Waals surface area contributed by atoms with E-state index < -0.39 is 0 Å². The Morgan fingerprint density at radius 1 is 1.19 bits per heavy atom. The Kier molecular flexibility index (Phi) is 7.44. The van der Waals surface area contributed by atoms with Gasteiger partial charge in [-0.05, 0) is 62.7 Å². The van der Waals surface area contributed by atoms with Crippen molar-refractivity contribution in [3.05, 3.63) is 52.9 Å². The van der Waals surface area contributed by atoms with E-state index in [4.69, 9.17) is 4.52 Å². The van der Waals surface area contributed by atoms with Crippen LogP contribution in [0.4, 0.5) is 0 Å². The number of benzene rings is 1. The fourth-order valence-corrected chi connectivity index (χ4v) is 4.82. The van der Waals surface area contributed by atoms with E-state index in [1.54, 1.807) is 0 Å². The Morgan fingerprint density at radius 2 is 2.00 bits per heavy atom. The average molecular weight is 424 g/mol. The Labute approximate surface area is 186 Å². The number of carbonyl (C=O) groups excluding carboxylic acids is 1. The predicted octanol–water partition coefficient (Wildman–Crippen LogP) is 5.84. The van der Waals surface area contributed by atoms with E-state index in [2.05, 4.69) is 53.6 Å². The molecule has 2 saturated carbocycles. The van der Waals surface area contributed by atoms with E-state index in [0.29, 0.717) is 17.5 Å². The average Bonchev–Trinajstić information content (AvgIpc) is 3.53. The predicted molar refractivity (Wildman–Crippen MR) is 123 cm³/mol. The molecule has 4 rings (SSSR count). The van der Waals surface area contributed by atoms with E-state index in [1.165, 1.54) is 43.2 Å². The summed E-state index contributed by atoms with van der Waals surface area (Å²) in [6.45, 7) is 4.28. The second kappa shape index (κ2) is 10.4. The SMILES string of the molecule is CCCCN(C)Cc1cccc(C(NC(=O)c2cc(C3CC3)on2)C2CCCCC2)c1. The highest BCUT2D eigenvalue weighted by Gasteiger charge is 2.31. The number of carbonyl (C=O) groups is 1. The normalized spacial score (nSPS) is 18.3. The summed E-state index contributed by atoms with van der Waals surface area (Å²) in [7, 11) is 2.19. The van der Waals surface area contributed by atoms with E-state index in [0.717, 1.165) is 44.5 Å². The first-order valence-corrected chi connectivity index (χ1v) is 12.2. The molecule has 2 fully saturated rings. The molecule has 0 bridgehead atoms. The smallest absolute Gasteiger partial charge is 0.273 e. The fraction of sp³-hybridized carbons (Fsp3) is 0.615. The van der Waals surface area contributed by atoms with Crippen LogP contribution in [0, 0.1) is 5.92 Å². The second-order valence-corrected chi connectivity index (χ2v) is 9.57. The summed E-state index contributed by atoms with van der Waals surface area (Å²) in [6, 6.07) is 10.7. The lowest BCUT2D eigenvalue weighted by atomic mass is 9.80. The molecule has 2 aromatic rings. The highest BCUT2D eigenvalue weighted by Crippen LogP contribution is 2.40. The minimum atomic E-state index is -0.114. The van der Waals surface area contributed by atoms with Crippen LogP contribution in [0.2, 0.25) is 0 Å². The molecule has 5 heteroatoms. The first kappa shape index (κ1) is 22.1. The minimum absolute atomic E-state index is 0.0229. The van der Waals surface area contributed by atoms with Crippen LogP contribution in [0.1, 0.15) is 104 Å². The summed E-state index contributed by atoms with van der Waals surface area (Å²) < 4.78 is 5.42. The fourth-order valence-electron chi connectivity index (χ4n) is 4.82.